The Balaban J connectivity index is 2.54. The molecule has 90 valence electrons. The first-order valence-corrected chi connectivity index (χ1v) is 5.64. The van der Waals surface area contributed by atoms with Gasteiger partial charge in [0.15, 0.2) is 0 Å². The van der Waals surface area contributed by atoms with E-state index in [-0.39, 0.29) is 0 Å². The summed E-state index contributed by atoms with van der Waals surface area (Å²) in [5.74, 6) is 0.851. The van der Waals surface area contributed by atoms with Gasteiger partial charge in [-0.3, -0.25) is 0 Å². The summed E-state index contributed by atoms with van der Waals surface area (Å²) in [5, 5.41) is 9.42. The van der Waals surface area contributed by atoms with Crippen molar-refractivity contribution in [2.75, 3.05) is 19.8 Å². The van der Waals surface area contributed by atoms with Gasteiger partial charge >= 0.3 is 0 Å². The molecule has 1 N–H and O–H groups in total. The minimum atomic E-state index is -0.434. The second-order valence-electron chi connectivity index (χ2n) is 3.75. The van der Waals surface area contributed by atoms with Crippen LogP contribution >= 0.6 is 0 Å². The molecule has 0 aromatic heterocycles. The van der Waals surface area contributed by atoms with Crippen molar-refractivity contribution in [3.8, 4) is 5.75 Å². The van der Waals surface area contributed by atoms with Crippen LogP contribution in [0.15, 0.2) is 18.2 Å². The van der Waals surface area contributed by atoms with E-state index in [9.17, 15) is 5.11 Å². The minimum Gasteiger partial charge on any atom is -0.491 e. The van der Waals surface area contributed by atoms with Crippen molar-refractivity contribution >= 4 is 0 Å². The molecular formula is C13H20O3. The van der Waals surface area contributed by atoms with E-state index in [1.807, 2.05) is 32.0 Å². The molecule has 0 amide bonds. The number of rotatable bonds is 6. The highest BCUT2D eigenvalue weighted by Crippen LogP contribution is 2.22. The fourth-order valence-electron chi connectivity index (χ4n) is 1.45. The summed E-state index contributed by atoms with van der Waals surface area (Å²) < 4.78 is 10.8. The van der Waals surface area contributed by atoms with Crippen LogP contribution in [0.25, 0.3) is 0 Å². The van der Waals surface area contributed by atoms with Crippen molar-refractivity contribution in [2.24, 2.45) is 0 Å². The number of ether oxygens (including phenoxy) is 2. The standard InChI is InChI=1S/C13H20O3/c1-4-15-7-8-16-13-6-5-12(11(3)14)9-10(13)2/h5-6,9,11,14H,4,7-8H2,1-3H3/t11-/m1/s1. The van der Waals surface area contributed by atoms with E-state index in [1.54, 1.807) is 6.92 Å². The Morgan fingerprint density at radius 1 is 1.31 bits per heavy atom. The number of aliphatic hydroxyl groups excluding tert-OH is 1. The topological polar surface area (TPSA) is 38.7 Å². The fourth-order valence-corrected chi connectivity index (χ4v) is 1.45. The molecule has 3 heteroatoms. The van der Waals surface area contributed by atoms with Crippen LogP contribution in [-0.2, 0) is 4.74 Å². The van der Waals surface area contributed by atoms with Gasteiger partial charge in [0.1, 0.15) is 12.4 Å². The van der Waals surface area contributed by atoms with E-state index < -0.39 is 6.10 Å². The van der Waals surface area contributed by atoms with Crippen LogP contribution in [0.3, 0.4) is 0 Å². The van der Waals surface area contributed by atoms with Gasteiger partial charge in [0, 0.05) is 6.61 Å². The second-order valence-corrected chi connectivity index (χ2v) is 3.75. The van der Waals surface area contributed by atoms with Crippen molar-refractivity contribution in [2.45, 2.75) is 26.9 Å². The van der Waals surface area contributed by atoms with Crippen LogP contribution in [-0.4, -0.2) is 24.9 Å². The maximum absolute atomic E-state index is 9.42. The molecule has 0 saturated heterocycles. The molecule has 0 fully saturated rings. The fraction of sp³-hybridized carbons (Fsp3) is 0.538. The molecule has 1 aromatic carbocycles. The first-order chi connectivity index (χ1) is 7.65. The van der Waals surface area contributed by atoms with Crippen molar-refractivity contribution in [1.82, 2.24) is 0 Å². The zero-order valence-electron chi connectivity index (χ0n) is 10.2. The van der Waals surface area contributed by atoms with Crippen molar-refractivity contribution in [3.63, 3.8) is 0 Å². The highest BCUT2D eigenvalue weighted by atomic mass is 16.5. The quantitative estimate of drug-likeness (QED) is 0.754. The molecule has 1 rings (SSSR count). The van der Waals surface area contributed by atoms with Gasteiger partial charge < -0.3 is 14.6 Å². The van der Waals surface area contributed by atoms with Crippen molar-refractivity contribution in [3.05, 3.63) is 29.3 Å². The van der Waals surface area contributed by atoms with Gasteiger partial charge in [-0.05, 0) is 44.0 Å². The molecule has 0 aliphatic rings. The van der Waals surface area contributed by atoms with Gasteiger partial charge in [-0.25, -0.2) is 0 Å². The molecule has 3 nitrogen and oxygen atoms in total. The smallest absolute Gasteiger partial charge is 0.122 e. The molecular weight excluding hydrogens is 204 g/mol. The van der Waals surface area contributed by atoms with E-state index in [2.05, 4.69) is 0 Å². The first-order valence-electron chi connectivity index (χ1n) is 5.64. The number of aliphatic hydroxyl groups is 1. The summed E-state index contributed by atoms with van der Waals surface area (Å²) in [7, 11) is 0. The predicted octanol–water partition coefficient (Wildman–Crippen LogP) is 2.46. The third-order valence-electron chi connectivity index (χ3n) is 2.37. The second kappa shape index (κ2) is 6.51. The van der Waals surface area contributed by atoms with Gasteiger partial charge in [0.2, 0.25) is 0 Å². The Hall–Kier alpha value is -1.06. The number of hydrogen-bond acceptors (Lipinski definition) is 3. The Labute approximate surface area is 97.0 Å². The van der Waals surface area contributed by atoms with E-state index in [4.69, 9.17) is 9.47 Å². The molecule has 1 atom stereocenters. The Kier molecular flexibility index (Phi) is 5.29. The normalized spacial score (nSPS) is 12.5. The van der Waals surface area contributed by atoms with Crippen LogP contribution in [0, 0.1) is 6.92 Å². The van der Waals surface area contributed by atoms with Crippen LogP contribution in [0.1, 0.15) is 31.1 Å². The van der Waals surface area contributed by atoms with E-state index in [0.29, 0.717) is 19.8 Å². The molecule has 0 radical (unpaired) electrons. The summed E-state index contributed by atoms with van der Waals surface area (Å²) in [6.45, 7) is 7.56. The first kappa shape index (κ1) is 13.0. The Morgan fingerprint density at radius 3 is 2.62 bits per heavy atom. The molecule has 0 saturated carbocycles. The monoisotopic (exact) mass is 224 g/mol. The molecule has 0 aliphatic heterocycles. The van der Waals surface area contributed by atoms with E-state index >= 15 is 0 Å². The molecule has 16 heavy (non-hydrogen) atoms. The third kappa shape index (κ3) is 3.83. The summed E-state index contributed by atoms with van der Waals surface area (Å²) in [6, 6.07) is 5.72. The molecule has 0 spiro atoms. The maximum Gasteiger partial charge on any atom is 0.122 e. The maximum atomic E-state index is 9.42. The van der Waals surface area contributed by atoms with Crippen LogP contribution in [0.5, 0.6) is 5.75 Å². The lowest BCUT2D eigenvalue weighted by atomic mass is 10.1. The number of benzene rings is 1. The van der Waals surface area contributed by atoms with E-state index in [0.717, 1.165) is 16.9 Å². The van der Waals surface area contributed by atoms with Crippen LogP contribution in [0.2, 0.25) is 0 Å². The molecule has 1 aromatic rings. The Morgan fingerprint density at radius 2 is 2.06 bits per heavy atom. The largest absolute Gasteiger partial charge is 0.491 e. The van der Waals surface area contributed by atoms with Crippen LogP contribution in [0.4, 0.5) is 0 Å². The van der Waals surface area contributed by atoms with Gasteiger partial charge in [-0.2, -0.15) is 0 Å². The number of aryl methyl sites for hydroxylation is 1. The summed E-state index contributed by atoms with van der Waals surface area (Å²) >= 11 is 0. The van der Waals surface area contributed by atoms with Gasteiger partial charge in [-0.15, -0.1) is 0 Å². The van der Waals surface area contributed by atoms with Gasteiger partial charge in [-0.1, -0.05) is 6.07 Å². The lowest BCUT2D eigenvalue weighted by molar-refractivity contribution is 0.110. The highest BCUT2D eigenvalue weighted by molar-refractivity contribution is 5.36. The van der Waals surface area contributed by atoms with Crippen LogP contribution < -0.4 is 4.74 Å². The highest BCUT2D eigenvalue weighted by Gasteiger charge is 2.04. The van der Waals surface area contributed by atoms with Gasteiger partial charge in [0.05, 0.1) is 12.7 Å². The molecule has 0 heterocycles. The minimum absolute atomic E-state index is 0.434. The van der Waals surface area contributed by atoms with Crippen molar-refractivity contribution < 1.29 is 14.6 Å². The zero-order valence-corrected chi connectivity index (χ0v) is 10.2. The predicted molar refractivity (Wildman–Crippen MR) is 63.8 cm³/mol. The molecule has 0 aliphatic carbocycles. The van der Waals surface area contributed by atoms with E-state index in [1.165, 1.54) is 0 Å². The number of hydrogen-bond donors (Lipinski definition) is 1. The lowest BCUT2D eigenvalue weighted by Crippen LogP contribution is -2.07. The summed E-state index contributed by atoms with van der Waals surface area (Å²) in [6.07, 6.45) is -0.434. The Bertz CT molecular complexity index is 321. The zero-order chi connectivity index (χ0) is 12.0. The lowest BCUT2D eigenvalue weighted by Gasteiger charge is -2.11. The summed E-state index contributed by atoms with van der Waals surface area (Å²) in [4.78, 5) is 0. The molecule has 0 unspecified atom stereocenters. The SMILES string of the molecule is CCOCCOc1ccc([C@@H](C)O)cc1C. The average molecular weight is 224 g/mol. The average Bonchev–Trinajstić information content (AvgIpc) is 2.26. The van der Waals surface area contributed by atoms with Gasteiger partial charge in [0.25, 0.3) is 0 Å². The summed E-state index contributed by atoms with van der Waals surface area (Å²) in [5.41, 5.74) is 1.95. The molecule has 0 bridgehead atoms. The third-order valence-corrected chi connectivity index (χ3v) is 2.37. The van der Waals surface area contributed by atoms with Crippen molar-refractivity contribution in [1.29, 1.82) is 0 Å².